The van der Waals surface area contributed by atoms with Crippen molar-refractivity contribution in [2.24, 2.45) is 11.7 Å². The summed E-state index contributed by atoms with van der Waals surface area (Å²) in [6, 6.07) is 0. The topological polar surface area (TPSA) is 101 Å². The molecule has 0 saturated carbocycles. The van der Waals surface area contributed by atoms with Crippen LogP contribution in [0.3, 0.4) is 0 Å². The number of rotatable bonds is 8. The lowest BCUT2D eigenvalue weighted by atomic mass is 10.2. The van der Waals surface area contributed by atoms with Gasteiger partial charge in [-0.3, -0.25) is 9.59 Å². The minimum atomic E-state index is -0.0199. The summed E-state index contributed by atoms with van der Waals surface area (Å²) < 4.78 is 0. The predicted octanol–water partition coefficient (Wildman–Crippen LogP) is 2.23. The zero-order valence-electron chi connectivity index (χ0n) is 14.8. The number of H-pyrrole nitrogens is 1. The summed E-state index contributed by atoms with van der Waals surface area (Å²) in [5.74, 6) is 2.34. The quantitative estimate of drug-likeness (QED) is 0.573. The maximum absolute atomic E-state index is 12.4. The Kier molecular flexibility index (Phi) is 7.94. The van der Waals surface area contributed by atoms with Crippen LogP contribution in [-0.2, 0) is 23.4 Å². The molecule has 26 heavy (non-hydrogen) atoms. The third-order valence-corrected chi connectivity index (χ3v) is 6.54. The van der Waals surface area contributed by atoms with Crippen molar-refractivity contribution in [2.45, 2.75) is 38.4 Å². The molecule has 9 heteroatoms. The fraction of sp³-hybridized carbons (Fsp3) is 0.588. The van der Waals surface area contributed by atoms with E-state index in [1.54, 1.807) is 23.1 Å². The van der Waals surface area contributed by atoms with Gasteiger partial charge in [-0.15, -0.1) is 23.7 Å². The van der Waals surface area contributed by atoms with E-state index in [0.717, 1.165) is 29.5 Å². The van der Waals surface area contributed by atoms with Gasteiger partial charge in [0.05, 0.1) is 11.1 Å². The highest BCUT2D eigenvalue weighted by atomic mass is 35.5. The van der Waals surface area contributed by atoms with E-state index in [9.17, 15) is 9.59 Å². The third-order valence-electron chi connectivity index (χ3n) is 4.39. The maximum Gasteiger partial charge on any atom is 0.259 e. The number of carbonyl (C=O) groups is 1. The van der Waals surface area contributed by atoms with E-state index in [1.165, 1.54) is 10.4 Å². The zero-order valence-corrected chi connectivity index (χ0v) is 17.2. The molecule has 3 rings (SSSR count). The van der Waals surface area contributed by atoms with Crippen LogP contribution in [0.5, 0.6) is 0 Å². The average molecular weight is 417 g/mol. The molecule has 1 unspecified atom stereocenters. The van der Waals surface area contributed by atoms with Gasteiger partial charge in [0, 0.05) is 23.6 Å². The largest absolute Gasteiger partial charge is 0.356 e. The summed E-state index contributed by atoms with van der Waals surface area (Å²) in [5, 5.41) is 3.67. The number of aromatic amines is 1. The number of nitrogens with zero attached hydrogens (tertiary/aromatic N) is 1. The molecule has 2 aromatic heterocycles. The van der Waals surface area contributed by atoms with Crippen molar-refractivity contribution in [3.63, 3.8) is 0 Å². The Morgan fingerprint density at radius 2 is 2.27 bits per heavy atom. The summed E-state index contributed by atoms with van der Waals surface area (Å²) in [7, 11) is 0. The molecule has 0 spiro atoms. The minimum Gasteiger partial charge on any atom is -0.356 e. The number of nitrogens with one attached hydrogen (secondary N) is 2. The molecule has 0 aliphatic heterocycles. The fourth-order valence-corrected chi connectivity index (χ4v) is 4.99. The summed E-state index contributed by atoms with van der Waals surface area (Å²) in [5.41, 5.74) is 6.71. The van der Waals surface area contributed by atoms with E-state index < -0.39 is 0 Å². The molecule has 6 nitrogen and oxygen atoms in total. The van der Waals surface area contributed by atoms with Gasteiger partial charge >= 0.3 is 0 Å². The van der Waals surface area contributed by atoms with Crippen molar-refractivity contribution in [1.29, 1.82) is 0 Å². The van der Waals surface area contributed by atoms with E-state index in [1.807, 2.05) is 6.92 Å². The van der Waals surface area contributed by atoms with E-state index in [2.05, 4.69) is 15.3 Å². The Hall–Kier alpha value is -1.09. The minimum absolute atomic E-state index is 0. The summed E-state index contributed by atoms with van der Waals surface area (Å²) in [6.45, 7) is 3.20. The molecule has 0 saturated heterocycles. The first-order valence-corrected chi connectivity index (χ1v) is 10.6. The Balaban J connectivity index is 0.00000243. The number of thiophene rings is 1. The molecule has 1 aliphatic rings. The lowest BCUT2D eigenvalue weighted by molar-refractivity contribution is -0.120. The Morgan fingerprint density at radius 3 is 3.04 bits per heavy atom. The zero-order chi connectivity index (χ0) is 17.8. The van der Waals surface area contributed by atoms with Crippen LogP contribution in [0.1, 0.15) is 36.0 Å². The molecule has 2 aromatic rings. The van der Waals surface area contributed by atoms with Gasteiger partial charge in [-0.1, -0.05) is 6.92 Å². The van der Waals surface area contributed by atoms with Crippen LogP contribution in [0.2, 0.25) is 0 Å². The molecule has 1 atom stereocenters. The van der Waals surface area contributed by atoms with E-state index in [0.29, 0.717) is 42.8 Å². The molecule has 144 valence electrons. The first-order valence-electron chi connectivity index (χ1n) is 8.66. The smallest absolute Gasteiger partial charge is 0.259 e. The standard InChI is InChI=1S/C17H24N4O2S2.ClH/c1-10(7-18)8-19-14(22)5-6-24-9-13-20-16(23)15-11-3-2-4-12(11)25-17(15)21-13;/h10H,2-9,18H2,1H3,(H,19,22)(H,20,21,23);1H. The first kappa shape index (κ1) is 21.2. The molecule has 0 bridgehead atoms. The number of thioether (sulfide) groups is 1. The van der Waals surface area contributed by atoms with Crippen molar-refractivity contribution in [3.8, 4) is 0 Å². The second kappa shape index (κ2) is 9.73. The number of aromatic nitrogens is 2. The second-order valence-corrected chi connectivity index (χ2v) is 8.69. The number of amides is 1. The van der Waals surface area contributed by atoms with Gasteiger partial charge in [-0.2, -0.15) is 11.8 Å². The van der Waals surface area contributed by atoms with Gasteiger partial charge in [0.25, 0.3) is 5.56 Å². The van der Waals surface area contributed by atoms with Crippen LogP contribution in [-0.4, -0.2) is 34.7 Å². The average Bonchev–Trinajstić information content (AvgIpc) is 3.17. The van der Waals surface area contributed by atoms with Gasteiger partial charge < -0.3 is 16.0 Å². The molecule has 0 aromatic carbocycles. The van der Waals surface area contributed by atoms with Crippen molar-refractivity contribution in [1.82, 2.24) is 15.3 Å². The highest BCUT2D eigenvalue weighted by Gasteiger charge is 2.21. The van der Waals surface area contributed by atoms with Crippen LogP contribution in [0.4, 0.5) is 0 Å². The van der Waals surface area contributed by atoms with Crippen LogP contribution in [0.15, 0.2) is 4.79 Å². The molecule has 2 heterocycles. The van der Waals surface area contributed by atoms with Gasteiger partial charge in [0.2, 0.25) is 5.91 Å². The molecular formula is C17H25ClN4O2S2. The van der Waals surface area contributed by atoms with Crippen LogP contribution in [0, 0.1) is 5.92 Å². The van der Waals surface area contributed by atoms with E-state index in [-0.39, 0.29) is 23.9 Å². The molecule has 1 amide bonds. The number of carbonyl (C=O) groups excluding carboxylic acids is 1. The predicted molar refractivity (Wildman–Crippen MR) is 112 cm³/mol. The van der Waals surface area contributed by atoms with Crippen LogP contribution in [0.25, 0.3) is 10.2 Å². The monoisotopic (exact) mass is 416 g/mol. The summed E-state index contributed by atoms with van der Waals surface area (Å²) >= 11 is 3.26. The highest BCUT2D eigenvalue weighted by Crippen LogP contribution is 2.34. The van der Waals surface area contributed by atoms with Crippen molar-refractivity contribution >= 4 is 51.6 Å². The Bertz CT molecular complexity index is 821. The van der Waals surface area contributed by atoms with Gasteiger partial charge in [0.15, 0.2) is 0 Å². The Labute approximate surface area is 167 Å². The number of fused-ring (bicyclic) bond motifs is 3. The normalized spacial score (nSPS) is 14.1. The molecule has 0 fully saturated rings. The van der Waals surface area contributed by atoms with Crippen molar-refractivity contribution < 1.29 is 4.79 Å². The molecule has 0 radical (unpaired) electrons. The molecule has 1 aliphatic carbocycles. The Morgan fingerprint density at radius 1 is 1.46 bits per heavy atom. The van der Waals surface area contributed by atoms with E-state index in [4.69, 9.17) is 5.73 Å². The van der Waals surface area contributed by atoms with Gasteiger partial charge in [-0.05, 0) is 37.3 Å². The molecular weight excluding hydrogens is 392 g/mol. The fourth-order valence-electron chi connectivity index (χ4n) is 2.91. The molecule has 4 N–H and O–H groups in total. The lowest BCUT2D eigenvalue weighted by Crippen LogP contribution is -2.31. The summed E-state index contributed by atoms with van der Waals surface area (Å²) in [4.78, 5) is 33.8. The maximum atomic E-state index is 12.4. The number of halogens is 1. The number of aryl methyl sites for hydroxylation is 2. The lowest BCUT2D eigenvalue weighted by Gasteiger charge is -2.09. The van der Waals surface area contributed by atoms with Gasteiger partial charge in [-0.25, -0.2) is 4.98 Å². The summed E-state index contributed by atoms with van der Waals surface area (Å²) in [6.07, 6.45) is 3.66. The number of nitrogens with two attached hydrogens (primary N) is 1. The van der Waals surface area contributed by atoms with Gasteiger partial charge in [0.1, 0.15) is 10.7 Å². The van der Waals surface area contributed by atoms with Crippen molar-refractivity contribution in [2.75, 3.05) is 18.8 Å². The third kappa shape index (κ3) is 5.00. The number of hydrogen-bond donors (Lipinski definition) is 3. The van der Waals surface area contributed by atoms with Crippen molar-refractivity contribution in [3.05, 3.63) is 26.6 Å². The second-order valence-electron chi connectivity index (χ2n) is 6.50. The van der Waals surface area contributed by atoms with Crippen LogP contribution >= 0.6 is 35.5 Å². The first-order chi connectivity index (χ1) is 12.1. The van der Waals surface area contributed by atoms with Crippen LogP contribution < -0.4 is 16.6 Å². The van der Waals surface area contributed by atoms with E-state index >= 15 is 0 Å². The highest BCUT2D eigenvalue weighted by molar-refractivity contribution is 7.98. The number of hydrogen-bond acceptors (Lipinski definition) is 6. The SMILES string of the molecule is CC(CN)CNC(=O)CCSCc1nc2sc3c(c2c(=O)[nH]1)CCC3.Cl.